The first-order chi connectivity index (χ1) is 9.58. The van der Waals surface area contributed by atoms with Crippen LogP contribution < -0.4 is 5.32 Å². The molecule has 0 aliphatic heterocycles. The van der Waals surface area contributed by atoms with Crippen molar-refractivity contribution in [3.05, 3.63) is 21.9 Å². The second-order valence-corrected chi connectivity index (χ2v) is 8.64. The summed E-state index contributed by atoms with van der Waals surface area (Å²) < 4.78 is 0. The van der Waals surface area contributed by atoms with Gasteiger partial charge >= 0.3 is 5.97 Å². The molecule has 1 heterocycles. The van der Waals surface area contributed by atoms with Gasteiger partial charge in [0.2, 0.25) is 0 Å². The van der Waals surface area contributed by atoms with Crippen LogP contribution in [-0.4, -0.2) is 23.0 Å². The summed E-state index contributed by atoms with van der Waals surface area (Å²) in [5.41, 5.74) is 0.419. The number of aromatic carboxylic acids is 1. The third kappa shape index (κ3) is 4.06. The Labute approximate surface area is 129 Å². The van der Waals surface area contributed by atoms with E-state index in [1.807, 2.05) is 0 Å². The van der Waals surface area contributed by atoms with Crippen LogP contribution in [0.3, 0.4) is 0 Å². The summed E-state index contributed by atoms with van der Waals surface area (Å²) in [6.45, 7) is 8.95. The van der Waals surface area contributed by atoms with Crippen LogP contribution in [0.25, 0.3) is 0 Å². The van der Waals surface area contributed by atoms with Crippen molar-refractivity contribution in [3.8, 4) is 0 Å². The molecule has 21 heavy (non-hydrogen) atoms. The lowest BCUT2D eigenvalue weighted by molar-refractivity contribution is 0.0697. The Balaban J connectivity index is 2.06. The number of hydrogen-bond donors (Lipinski definition) is 2. The smallest absolute Gasteiger partial charge is 0.345 e. The summed E-state index contributed by atoms with van der Waals surface area (Å²) in [7, 11) is 0. The minimum atomic E-state index is -0.987. The molecule has 0 unspecified atom stereocenters. The lowest BCUT2D eigenvalue weighted by Crippen LogP contribution is -2.45. The standard InChI is InChI=1S/C16H23NO3S/c1-15(2)7-10(8-16(3,4)9-15)17-13(18)11-5-6-12(21-11)14(19)20/h5-6,10H,7-9H2,1-4H3,(H,17,18)(H,19,20). The van der Waals surface area contributed by atoms with Crippen LogP contribution in [0, 0.1) is 10.8 Å². The summed E-state index contributed by atoms with van der Waals surface area (Å²) in [4.78, 5) is 23.8. The molecular formula is C16H23NO3S. The average molecular weight is 309 g/mol. The van der Waals surface area contributed by atoms with Crippen molar-refractivity contribution in [2.45, 2.75) is 53.0 Å². The van der Waals surface area contributed by atoms with Gasteiger partial charge in [-0.3, -0.25) is 4.79 Å². The first kappa shape index (κ1) is 16.0. The highest BCUT2D eigenvalue weighted by atomic mass is 32.1. The van der Waals surface area contributed by atoms with Crippen LogP contribution in [0.5, 0.6) is 0 Å². The summed E-state index contributed by atoms with van der Waals surface area (Å²) in [5.74, 6) is -1.15. The molecule has 4 nitrogen and oxygen atoms in total. The molecular weight excluding hydrogens is 286 g/mol. The number of nitrogens with one attached hydrogen (secondary N) is 1. The third-order valence-corrected chi connectivity index (χ3v) is 5.00. The zero-order valence-corrected chi connectivity index (χ0v) is 13.8. The number of carbonyl (C=O) groups is 2. The fraction of sp³-hybridized carbons (Fsp3) is 0.625. The minimum absolute atomic E-state index is 0.145. The molecule has 0 atom stereocenters. The van der Waals surface area contributed by atoms with Crippen molar-refractivity contribution in [2.75, 3.05) is 0 Å². The van der Waals surface area contributed by atoms with Crippen molar-refractivity contribution in [1.29, 1.82) is 0 Å². The maximum absolute atomic E-state index is 12.3. The molecule has 1 amide bonds. The van der Waals surface area contributed by atoms with Gasteiger partial charge < -0.3 is 10.4 Å². The van der Waals surface area contributed by atoms with E-state index in [1.54, 1.807) is 6.07 Å². The highest BCUT2D eigenvalue weighted by molar-refractivity contribution is 7.15. The van der Waals surface area contributed by atoms with Crippen molar-refractivity contribution in [1.82, 2.24) is 5.32 Å². The predicted molar refractivity (Wildman–Crippen MR) is 83.9 cm³/mol. The molecule has 1 aromatic heterocycles. The molecule has 0 radical (unpaired) electrons. The second kappa shape index (κ2) is 5.44. The van der Waals surface area contributed by atoms with E-state index in [1.165, 1.54) is 6.07 Å². The summed E-state index contributed by atoms with van der Waals surface area (Å²) in [6, 6.07) is 3.21. The zero-order chi connectivity index (χ0) is 15.8. The zero-order valence-electron chi connectivity index (χ0n) is 13.0. The molecule has 2 N–H and O–H groups in total. The Kier molecular flexibility index (Phi) is 4.15. The van der Waals surface area contributed by atoms with E-state index in [4.69, 9.17) is 5.11 Å². The van der Waals surface area contributed by atoms with Crippen LogP contribution in [0.15, 0.2) is 12.1 Å². The van der Waals surface area contributed by atoms with Crippen molar-refractivity contribution >= 4 is 23.2 Å². The normalized spacial score (nSPS) is 21.0. The van der Waals surface area contributed by atoms with Crippen molar-refractivity contribution in [2.24, 2.45) is 10.8 Å². The topological polar surface area (TPSA) is 66.4 Å². The van der Waals surface area contributed by atoms with Crippen LogP contribution >= 0.6 is 11.3 Å². The Morgan fingerprint density at radius 1 is 1.14 bits per heavy atom. The number of carbonyl (C=O) groups excluding carboxylic acids is 1. The molecule has 5 heteroatoms. The maximum Gasteiger partial charge on any atom is 0.345 e. The van der Waals surface area contributed by atoms with Gasteiger partial charge in [0.15, 0.2) is 0 Å². The SMILES string of the molecule is CC1(C)CC(NC(=O)c2ccc(C(=O)O)s2)CC(C)(C)C1. The van der Waals surface area contributed by atoms with Crippen molar-refractivity contribution < 1.29 is 14.7 Å². The van der Waals surface area contributed by atoms with E-state index >= 15 is 0 Å². The van der Waals surface area contributed by atoms with Gasteiger partial charge in [0.1, 0.15) is 4.88 Å². The number of amides is 1. The van der Waals surface area contributed by atoms with Gasteiger partial charge in [0.25, 0.3) is 5.91 Å². The maximum atomic E-state index is 12.3. The number of carboxylic acid groups (broad SMARTS) is 1. The molecule has 1 fully saturated rings. The van der Waals surface area contributed by atoms with Gasteiger partial charge in [-0.05, 0) is 42.2 Å². The van der Waals surface area contributed by atoms with Crippen LogP contribution in [0.1, 0.15) is 66.3 Å². The lowest BCUT2D eigenvalue weighted by Gasteiger charge is -2.45. The number of rotatable bonds is 3. The van der Waals surface area contributed by atoms with Crippen LogP contribution in [-0.2, 0) is 0 Å². The predicted octanol–water partition coefficient (Wildman–Crippen LogP) is 3.78. The summed E-state index contributed by atoms with van der Waals surface area (Å²) in [5, 5.41) is 12.0. The first-order valence-corrected chi connectivity index (χ1v) is 8.04. The molecule has 0 saturated heterocycles. The number of thiophene rings is 1. The summed E-state index contributed by atoms with van der Waals surface area (Å²) in [6.07, 6.45) is 3.06. The fourth-order valence-electron chi connectivity index (χ4n) is 3.78. The van der Waals surface area contributed by atoms with Gasteiger partial charge in [-0.2, -0.15) is 0 Å². The molecule has 2 rings (SSSR count). The second-order valence-electron chi connectivity index (χ2n) is 7.55. The molecule has 1 aliphatic carbocycles. The van der Waals surface area contributed by atoms with E-state index in [9.17, 15) is 9.59 Å². The highest BCUT2D eigenvalue weighted by Crippen LogP contribution is 2.45. The molecule has 0 aromatic carbocycles. The third-order valence-electron chi connectivity index (χ3n) is 3.93. The molecule has 1 aromatic rings. The van der Waals surface area contributed by atoms with E-state index in [2.05, 4.69) is 33.0 Å². The van der Waals surface area contributed by atoms with Gasteiger partial charge in [-0.15, -0.1) is 11.3 Å². The number of hydrogen-bond acceptors (Lipinski definition) is 3. The minimum Gasteiger partial charge on any atom is -0.477 e. The van der Waals surface area contributed by atoms with Gasteiger partial charge in [0.05, 0.1) is 4.88 Å². The molecule has 1 saturated carbocycles. The van der Waals surface area contributed by atoms with E-state index in [-0.39, 0.29) is 27.7 Å². The van der Waals surface area contributed by atoms with E-state index < -0.39 is 5.97 Å². The van der Waals surface area contributed by atoms with Gasteiger partial charge in [0, 0.05) is 6.04 Å². The quantitative estimate of drug-likeness (QED) is 0.893. The Morgan fingerprint density at radius 3 is 2.14 bits per heavy atom. The first-order valence-electron chi connectivity index (χ1n) is 7.22. The molecule has 116 valence electrons. The average Bonchev–Trinajstić information content (AvgIpc) is 2.72. The summed E-state index contributed by atoms with van der Waals surface area (Å²) >= 11 is 1.03. The van der Waals surface area contributed by atoms with Crippen molar-refractivity contribution in [3.63, 3.8) is 0 Å². The van der Waals surface area contributed by atoms with Crippen LogP contribution in [0.4, 0.5) is 0 Å². The van der Waals surface area contributed by atoms with Gasteiger partial charge in [-0.1, -0.05) is 27.7 Å². The fourth-order valence-corrected chi connectivity index (χ4v) is 4.53. The lowest BCUT2D eigenvalue weighted by atomic mass is 9.63. The Hall–Kier alpha value is -1.36. The monoisotopic (exact) mass is 309 g/mol. The van der Waals surface area contributed by atoms with E-state index in [0.717, 1.165) is 30.6 Å². The highest BCUT2D eigenvalue weighted by Gasteiger charge is 2.39. The van der Waals surface area contributed by atoms with Gasteiger partial charge in [-0.25, -0.2) is 4.79 Å². The molecule has 1 aliphatic rings. The largest absolute Gasteiger partial charge is 0.477 e. The van der Waals surface area contributed by atoms with Crippen LogP contribution in [0.2, 0.25) is 0 Å². The Morgan fingerprint density at radius 2 is 1.67 bits per heavy atom. The molecule has 0 spiro atoms. The van der Waals surface area contributed by atoms with E-state index in [0.29, 0.717) is 4.88 Å². The molecule has 0 bridgehead atoms. The number of carboxylic acids is 1. The Bertz CT molecular complexity index is 544.